The van der Waals surface area contributed by atoms with Crippen molar-refractivity contribution in [3.63, 3.8) is 0 Å². The lowest BCUT2D eigenvalue weighted by Gasteiger charge is -2.06. The predicted octanol–water partition coefficient (Wildman–Crippen LogP) is 2.67. The van der Waals surface area contributed by atoms with Crippen LogP contribution in [0.5, 0.6) is 0 Å². The molecule has 0 spiro atoms. The van der Waals surface area contributed by atoms with E-state index in [-0.39, 0.29) is 13.2 Å². The molecular formula is C12H24O2. The SMILES string of the molecule is C=CC1=CCCCC1.CCO.CCO. The summed E-state index contributed by atoms with van der Waals surface area (Å²) in [5.41, 5.74) is 1.44. The molecule has 1 aliphatic rings. The Labute approximate surface area is 88.0 Å². The zero-order valence-electron chi connectivity index (χ0n) is 9.50. The molecule has 0 saturated heterocycles. The third kappa shape index (κ3) is 14.0. The maximum atomic E-state index is 7.57. The van der Waals surface area contributed by atoms with E-state index in [1.807, 2.05) is 6.08 Å². The molecule has 0 fully saturated rings. The molecule has 0 aromatic carbocycles. The Morgan fingerprint density at radius 2 is 1.79 bits per heavy atom. The molecule has 0 atom stereocenters. The van der Waals surface area contributed by atoms with Gasteiger partial charge in [-0.1, -0.05) is 24.3 Å². The number of aliphatic hydroxyl groups excluding tert-OH is 2. The fourth-order valence-corrected chi connectivity index (χ4v) is 1.05. The summed E-state index contributed by atoms with van der Waals surface area (Å²) in [5.74, 6) is 0. The van der Waals surface area contributed by atoms with Crippen LogP contribution in [0.15, 0.2) is 24.3 Å². The zero-order chi connectivity index (χ0) is 11.2. The predicted molar refractivity (Wildman–Crippen MR) is 62.3 cm³/mol. The summed E-state index contributed by atoms with van der Waals surface area (Å²) in [7, 11) is 0. The van der Waals surface area contributed by atoms with E-state index in [9.17, 15) is 0 Å². The summed E-state index contributed by atoms with van der Waals surface area (Å²) >= 11 is 0. The van der Waals surface area contributed by atoms with Gasteiger partial charge in [-0.05, 0) is 39.5 Å². The molecular weight excluding hydrogens is 176 g/mol. The van der Waals surface area contributed by atoms with Crippen LogP contribution in [0.3, 0.4) is 0 Å². The summed E-state index contributed by atoms with van der Waals surface area (Å²) in [6, 6.07) is 0. The second kappa shape index (κ2) is 14.9. The molecule has 2 N–H and O–H groups in total. The summed E-state index contributed by atoms with van der Waals surface area (Å²) in [6.45, 7) is 7.58. The van der Waals surface area contributed by atoms with Gasteiger partial charge in [-0.2, -0.15) is 0 Å². The van der Waals surface area contributed by atoms with Gasteiger partial charge in [-0.15, -0.1) is 0 Å². The van der Waals surface area contributed by atoms with Crippen molar-refractivity contribution in [3.8, 4) is 0 Å². The van der Waals surface area contributed by atoms with Crippen molar-refractivity contribution in [2.45, 2.75) is 39.5 Å². The van der Waals surface area contributed by atoms with Gasteiger partial charge < -0.3 is 10.2 Å². The Morgan fingerprint density at radius 1 is 1.29 bits per heavy atom. The van der Waals surface area contributed by atoms with E-state index in [1.165, 1.54) is 31.3 Å². The molecule has 1 rings (SSSR count). The van der Waals surface area contributed by atoms with Gasteiger partial charge in [0.2, 0.25) is 0 Å². The van der Waals surface area contributed by atoms with Crippen molar-refractivity contribution in [2.24, 2.45) is 0 Å². The molecule has 2 heteroatoms. The van der Waals surface area contributed by atoms with Crippen LogP contribution < -0.4 is 0 Å². The van der Waals surface area contributed by atoms with Gasteiger partial charge in [-0.3, -0.25) is 0 Å². The van der Waals surface area contributed by atoms with Crippen LogP contribution in [0, 0.1) is 0 Å². The number of hydrogen-bond acceptors (Lipinski definition) is 2. The number of allylic oxidation sites excluding steroid dienone is 3. The third-order valence-electron chi connectivity index (χ3n) is 1.59. The number of hydrogen-bond donors (Lipinski definition) is 2. The Kier molecular flexibility index (Phi) is 16.9. The van der Waals surface area contributed by atoms with Crippen LogP contribution in [-0.2, 0) is 0 Å². The van der Waals surface area contributed by atoms with Gasteiger partial charge in [0.15, 0.2) is 0 Å². The number of aliphatic hydroxyl groups is 2. The molecule has 84 valence electrons. The third-order valence-corrected chi connectivity index (χ3v) is 1.59. The van der Waals surface area contributed by atoms with E-state index in [0.29, 0.717) is 0 Å². The molecule has 0 bridgehead atoms. The van der Waals surface area contributed by atoms with Crippen LogP contribution >= 0.6 is 0 Å². The summed E-state index contributed by atoms with van der Waals surface area (Å²) in [6.07, 6.45) is 9.51. The Morgan fingerprint density at radius 3 is 2.00 bits per heavy atom. The lowest BCUT2D eigenvalue weighted by Crippen LogP contribution is -1.86. The quantitative estimate of drug-likeness (QED) is 0.683. The maximum Gasteiger partial charge on any atom is 0.0402 e. The lowest BCUT2D eigenvalue weighted by molar-refractivity contribution is 0.318. The van der Waals surface area contributed by atoms with E-state index < -0.39 is 0 Å². The van der Waals surface area contributed by atoms with E-state index in [4.69, 9.17) is 10.2 Å². The Bertz CT molecular complexity index is 137. The lowest BCUT2D eigenvalue weighted by atomic mass is 10.0. The minimum Gasteiger partial charge on any atom is -0.397 e. The van der Waals surface area contributed by atoms with Gasteiger partial charge in [0.1, 0.15) is 0 Å². The average Bonchev–Trinajstić information content (AvgIpc) is 2.21. The van der Waals surface area contributed by atoms with E-state index in [2.05, 4.69) is 12.7 Å². The molecule has 0 unspecified atom stereocenters. The number of rotatable bonds is 1. The fraction of sp³-hybridized carbons (Fsp3) is 0.667. The van der Waals surface area contributed by atoms with E-state index in [1.54, 1.807) is 13.8 Å². The second-order valence-electron chi connectivity index (χ2n) is 2.86. The van der Waals surface area contributed by atoms with Crippen molar-refractivity contribution in [2.75, 3.05) is 13.2 Å². The minimum atomic E-state index is 0.250. The minimum absolute atomic E-state index is 0.250. The zero-order valence-corrected chi connectivity index (χ0v) is 9.50. The first-order valence-electron chi connectivity index (χ1n) is 5.29. The summed E-state index contributed by atoms with van der Waals surface area (Å²) in [5, 5.41) is 15.1. The van der Waals surface area contributed by atoms with Crippen molar-refractivity contribution >= 4 is 0 Å². The van der Waals surface area contributed by atoms with E-state index >= 15 is 0 Å². The van der Waals surface area contributed by atoms with Gasteiger partial charge in [-0.25, -0.2) is 0 Å². The highest BCUT2D eigenvalue weighted by Gasteiger charge is 1.97. The first kappa shape index (κ1) is 15.9. The normalized spacial score (nSPS) is 13.9. The monoisotopic (exact) mass is 200 g/mol. The van der Waals surface area contributed by atoms with Crippen LogP contribution in [0.25, 0.3) is 0 Å². The molecule has 0 saturated carbocycles. The molecule has 0 heterocycles. The van der Waals surface area contributed by atoms with Gasteiger partial charge in [0, 0.05) is 13.2 Å². The van der Waals surface area contributed by atoms with Crippen molar-refractivity contribution < 1.29 is 10.2 Å². The first-order valence-corrected chi connectivity index (χ1v) is 5.29. The second-order valence-corrected chi connectivity index (χ2v) is 2.86. The molecule has 14 heavy (non-hydrogen) atoms. The molecule has 0 aliphatic heterocycles. The fourth-order valence-electron chi connectivity index (χ4n) is 1.05. The largest absolute Gasteiger partial charge is 0.397 e. The van der Waals surface area contributed by atoms with Gasteiger partial charge in [0.25, 0.3) is 0 Å². The summed E-state index contributed by atoms with van der Waals surface area (Å²) < 4.78 is 0. The highest BCUT2D eigenvalue weighted by Crippen LogP contribution is 2.16. The van der Waals surface area contributed by atoms with Crippen LogP contribution in [0.4, 0.5) is 0 Å². The average molecular weight is 200 g/mol. The van der Waals surface area contributed by atoms with E-state index in [0.717, 1.165) is 0 Å². The van der Waals surface area contributed by atoms with Gasteiger partial charge >= 0.3 is 0 Å². The summed E-state index contributed by atoms with van der Waals surface area (Å²) in [4.78, 5) is 0. The van der Waals surface area contributed by atoms with Gasteiger partial charge in [0.05, 0.1) is 0 Å². The van der Waals surface area contributed by atoms with Crippen LogP contribution in [-0.4, -0.2) is 23.4 Å². The molecule has 0 amide bonds. The molecule has 1 aliphatic carbocycles. The molecule has 0 aromatic heterocycles. The molecule has 0 aromatic rings. The highest BCUT2D eigenvalue weighted by atomic mass is 16.3. The Hall–Kier alpha value is -0.600. The highest BCUT2D eigenvalue weighted by molar-refractivity contribution is 5.17. The topological polar surface area (TPSA) is 40.5 Å². The van der Waals surface area contributed by atoms with Crippen molar-refractivity contribution in [1.82, 2.24) is 0 Å². The van der Waals surface area contributed by atoms with Crippen molar-refractivity contribution in [3.05, 3.63) is 24.3 Å². The Balaban J connectivity index is 0. The van der Waals surface area contributed by atoms with Crippen LogP contribution in [0.2, 0.25) is 0 Å². The smallest absolute Gasteiger partial charge is 0.0402 e. The first-order chi connectivity index (χ1) is 6.76. The molecule has 0 radical (unpaired) electrons. The maximum absolute atomic E-state index is 7.57. The van der Waals surface area contributed by atoms with Crippen molar-refractivity contribution in [1.29, 1.82) is 0 Å². The standard InChI is InChI=1S/C8H12.2C2H6O/c1-2-8-6-4-3-5-7-8;2*1-2-3/h2,6H,1,3-5,7H2;2*3H,2H2,1H3. The molecule has 2 nitrogen and oxygen atoms in total. The van der Waals surface area contributed by atoms with Crippen LogP contribution in [0.1, 0.15) is 39.5 Å².